The van der Waals surface area contributed by atoms with Crippen LogP contribution < -0.4 is 0 Å². The molecule has 3 heteroatoms. The molecule has 0 amide bonds. The quantitative estimate of drug-likeness (QED) is 0.587. The van der Waals surface area contributed by atoms with Gasteiger partial charge in [0.2, 0.25) is 0 Å². The number of aldehydes is 1. The van der Waals surface area contributed by atoms with Gasteiger partial charge in [0, 0.05) is 13.5 Å². The van der Waals surface area contributed by atoms with Gasteiger partial charge in [-0.1, -0.05) is 13.8 Å². The first-order valence-corrected chi connectivity index (χ1v) is 4.32. The van der Waals surface area contributed by atoms with Gasteiger partial charge in [-0.25, -0.2) is 0 Å². The fourth-order valence-corrected chi connectivity index (χ4v) is 1.50. The molecule has 1 aliphatic rings. The molecular formula is C9H16O3. The lowest BCUT2D eigenvalue weighted by molar-refractivity contribution is -0.203. The second kappa shape index (κ2) is 4.01. The van der Waals surface area contributed by atoms with Crippen molar-refractivity contribution in [2.24, 2.45) is 11.8 Å². The number of rotatable bonds is 2. The SMILES string of the molecule is COC1CC(C)C(C)C(C=O)O1. The van der Waals surface area contributed by atoms with E-state index in [1.165, 1.54) is 0 Å². The Morgan fingerprint density at radius 3 is 2.67 bits per heavy atom. The van der Waals surface area contributed by atoms with E-state index < -0.39 is 0 Å². The molecule has 0 saturated carbocycles. The van der Waals surface area contributed by atoms with Gasteiger partial charge in [0.1, 0.15) is 12.4 Å². The Bertz CT molecular complexity index is 158. The highest BCUT2D eigenvalue weighted by Crippen LogP contribution is 2.29. The lowest BCUT2D eigenvalue weighted by atomic mass is 9.86. The van der Waals surface area contributed by atoms with Crippen molar-refractivity contribution in [1.82, 2.24) is 0 Å². The topological polar surface area (TPSA) is 35.5 Å². The van der Waals surface area contributed by atoms with Crippen molar-refractivity contribution in [3.8, 4) is 0 Å². The Hall–Kier alpha value is -0.410. The summed E-state index contributed by atoms with van der Waals surface area (Å²) in [6.07, 6.45) is 1.25. The molecule has 0 aromatic heterocycles. The minimum Gasteiger partial charge on any atom is -0.356 e. The first-order valence-electron chi connectivity index (χ1n) is 4.32. The van der Waals surface area contributed by atoms with Crippen LogP contribution in [0.15, 0.2) is 0 Å². The fraction of sp³-hybridized carbons (Fsp3) is 0.889. The van der Waals surface area contributed by atoms with E-state index in [4.69, 9.17) is 9.47 Å². The van der Waals surface area contributed by atoms with E-state index in [0.717, 1.165) is 12.7 Å². The van der Waals surface area contributed by atoms with Gasteiger partial charge in [-0.2, -0.15) is 0 Å². The van der Waals surface area contributed by atoms with Crippen LogP contribution in [0.25, 0.3) is 0 Å². The highest BCUT2D eigenvalue weighted by Gasteiger charge is 2.33. The molecule has 12 heavy (non-hydrogen) atoms. The van der Waals surface area contributed by atoms with Crippen molar-refractivity contribution in [2.45, 2.75) is 32.7 Å². The molecule has 0 spiro atoms. The van der Waals surface area contributed by atoms with Crippen molar-refractivity contribution in [3.05, 3.63) is 0 Å². The summed E-state index contributed by atoms with van der Waals surface area (Å²) in [5, 5.41) is 0. The molecule has 1 heterocycles. The number of hydrogen-bond acceptors (Lipinski definition) is 3. The van der Waals surface area contributed by atoms with Gasteiger partial charge >= 0.3 is 0 Å². The third-order valence-corrected chi connectivity index (χ3v) is 2.69. The summed E-state index contributed by atoms with van der Waals surface area (Å²) < 4.78 is 10.4. The molecule has 0 aliphatic carbocycles. The Morgan fingerprint density at radius 1 is 1.50 bits per heavy atom. The number of methoxy groups -OCH3 is 1. The predicted octanol–water partition coefficient (Wildman–Crippen LogP) is 1.22. The molecule has 1 fully saturated rings. The monoisotopic (exact) mass is 172 g/mol. The zero-order chi connectivity index (χ0) is 9.14. The summed E-state index contributed by atoms with van der Waals surface area (Å²) in [5.41, 5.74) is 0. The predicted molar refractivity (Wildman–Crippen MR) is 44.7 cm³/mol. The van der Waals surface area contributed by atoms with E-state index >= 15 is 0 Å². The maximum Gasteiger partial charge on any atom is 0.158 e. The third-order valence-electron chi connectivity index (χ3n) is 2.69. The minimum atomic E-state index is -0.293. The van der Waals surface area contributed by atoms with Gasteiger partial charge in [-0.3, -0.25) is 0 Å². The zero-order valence-corrected chi connectivity index (χ0v) is 7.82. The molecule has 0 N–H and O–H groups in total. The Labute approximate surface area is 73.0 Å². The summed E-state index contributed by atoms with van der Waals surface area (Å²) in [7, 11) is 1.61. The van der Waals surface area contributed by atoms with E-state index in [0.29, 0.717) is 11.8 Å². The maximum absolute atomic E-state index is 10.6. The molecule has 3 nitrogen and oxygen atoms in total. The average molecular weight is 172 g/mol. The van der Waals surface area contributed by atoms with Gasteiger partial charge < -0.3 is 14.3 Å². The van der Waals surface area contributed by atoms with Crippen molar-refractivity contribution in [1.29, 1.82) is 0 Å². The van der Waals surface area contributed by atoms with Crippen LogP contribution in [0.1, 0.15) is 20.3 Å². The number of hydrogen-bond donors (Lipinski definition) is 0. The van der Waals surface area contributed by atoms with Crippen LogP contribution in [0.5, 0.6) is 0 Å². The zero-order valence-electron chi connectivity index (χ0n) is 7.82. The molecule has 1 saturated heterocycles. The van der Waals surface area contributed by atoms with Crippen molar-refractivity contribution >= 4 is 6.29 Å². The first kappa shape index (κ1) is 9.68. The number of ether oxygens (including phenoxy) is 2. The summed E-state index contributed by atoms with van der Waals surface area (Å²) >= 11 is 0. The standard InChI is InChI=1S/C9H16O3/c1-6-4-9(11-3)12-8(5-10)7(6)2/h5-9H,4H2,1-3H3. The molecule has 1 rings (SSSR count). The van der Waals surface area contributed by atoms with E-state index in [2.05, 4.69) is 6.92 Å². The van der Waals surface area contributed by atoms with Crippen LogP contribution in [-0.4, -0.2) is 25.8 Å². The van der Waals surface area contributed by atoms with Gasteiger partial charge in [0.15, 0.2) is 6.29 Å². The fourth-order valence-electron chi connectivity index (χ4n) is 1.50. The Kier molecular flexibility index (Phi) is 3.23. The number of carbonyl (C=O) groups excluding carboxylic acids is 1. The third kappa shape index (κ3) is 1.84. The second-order valence-corrected chi connectivity index (χ2v) is 3.47. The maximum atomic E-state index is 10.6. The molecular weight excluding hydrogens is 156 g/mol. The number of carbonyl (C=O) groups is 1. The van der Waals surface area contributed by atoms with Crippen molar-refractivity contribution in [2.75, 3.05) is 7.11 Å². The van der Waals surface area contributed by atoms with Crippen molar-refractivity contribution < 1.29 is 14.3 Å². The van der Waals surface area contributed by atoms with E-state index in [1.54, 1.807) is 7.11 Å². The van der Waals surface area contributed by atoms with Crippen LogP contribution in [0.3, 0.4) is 0 Å². The molecule has 4 atom stereocenters. The summed E-state index contributed by atoms with van der Waals surface area (Å²) in [6, 6.07) is 0. The molecule has 4 unspecified atom stereocenters. The summed E-state index contributed by atoms with van der Waals surface area (Å²) in [4.78, 5) is 10.6. The summed E-state index contributed by atoms with van der Waals surface area (Å²) in [6.45, 7) is 4.16. The van der Waals surface area contributed by atoms with Gasteiger partial charge in [0.05, 0.1) is 0 Å². The van der Waals surface area contributed by atoms with Gasteiger partial charge in [-0.05, 0) is 11.8 Å². The lowest BCUT2D eigenvalue weighted by Crippen LogP contribution is -2.40. The molecule has 0 radical (unpaired) electrons. The Morgan fingerprint density at radius 2 is 2.17 bits per heavy atom. The Balaban J connectivity index is 2.57. The highest BCUT2D eigenvalue weighted by atomic mass is 16.7. The molecule has 0 aromatic rings. The molecule has 0 aromatic carbocycles. The molecule has 1 aliphatic heterocycles. The average Bonchev–Trinajstić information content (AvgIpc) is 2.09. The lowest BCUT2D eigenvalue weighted by Gasteiger charge is -2.35. The van der Waals surface area contributed by atoms with Crippen LogP contribution in [0.2, 0.25) is 0 Å². The minimum absolute atomic E-state index is 0.202. The van der Waals surface area contributed by atoms with E-state index in [9.17, 15) is 4.79 Å². The smallest absolute Gasteiger partial charge is 0.158 e. The second-order valence-electron chi connectivity index (χ2n) is 3.47. The van der Waals surface area contributed by atoms with Gasteiger partial charge in [-0.15, -0.1) is 0 Å². The normalized spacial score (nSPS) is 42.6. The van der Waals surface area contributed by atoms with Gasteiger partial charge in [0.25, 0.3) is 0 Å². The van der Waals surface area contributed by atoms with Crippen LogP contribution in [0, 0.1) is 11.8 Å². The van der Waals surface area contributed by atoms with Crippen LogP contribution >= 0.6 is 0 Å². The molecule has 70 valence electrons. The van der Waals surface area contributed by atoms with Crippen molar-refractivity contribution in [3.63, 3.8) is 0 Å². The van der Waals surface area contributed by atoms with E-state index in [1.807, 2.05) is 6.92 Å². The molecule has 0 bridgehead atoms. The van der Waals surface area contributed by atoms with Crippen LogP contribution in [-0.2, 0) is 14.3 Å². The van der Waals surface area contributed by atoms with E-state index in [-0.39, 0.29) is 12.4 Å². The summed E-state index contributed by atoms with van der Waals surface area (Å²) in [5.74, 6) is 0.785. The van der Waals surface area contributed by atoms with Crippen LogP contribution in [0.4, 0.5) is 0 Å². The highest BCUT2D eigenvalue weighted by molar-refractivity contribution is 5.56. The largest absolute Gasteiger partial charge is 0.356 e. The first-order chi connectivity index (χ1) is 5.69.